The summed E-state index contributed by atoms with van der Waals surface area (Å²) < 4.78 is 62.0. The number of rotatable bonds is 12. The first-order valence-electron chi connectivity index (χ1n) is 13.2. The van der Waals surface area contributed by atoms with Crippen molar-refractivity contribution in [2.24, 2.45) is 5.41 Å². The van der Waals surface area contributed by atoms with E-state index in [4.69, 9.17) is 4.74 Å². The fraction of sp³-hybridized carbons (Fsp3) is 0.448. The molecule has 0 aliphatic carbocycles. The number of methoxy groups -OCH3 is 1. The number of hydrogen-bond donors (Lipinski definition) is 3. The highest BCUT2D eigenvalue weighted by atomic mass is 19.1. The summed E-state index contributed by atoms with van der Waals surface area (Å²) in [7, 11) is 1.51. The summed E-state index contributed by atoms with van der Waals surface area (Å²) in [6.07, 6.45) is 1.34. The number of hydrogen-bond acceptors (Lipinski definition) is 6. The van der Waals surface area contributed by atoms with E-state index in [0.29, 0.717) is 78.8 Å². The van der Waals surface area contributed by atoms with Crippen LogP contribution < -0.4 is 10.1 Å². The Morgan fingerprint density at radius 3 is 2.50 bits per heavy atom. The number of ether oxygens (including phenoxy) is 1. The molecular weight excluding hydrogens is 530 g/mol. The summed E-state index contributed by atoms with van der Waals surface area (Å²) in [5, 5.41) is 22.7. The maximum Gasteiger partial charge on any atom is 0.303 e. The zero-order valence-electron chi connectivity index (χ0n) is 22.2. The number of aliphatic carboxylic acids is 1. The zero-order valence-corrected chi connectivity index (χ0v) is 22.2. The fourth-order valence-electron chi connectivity index (χ4n) is 5.57. The van der Waals surface area contributed by atoms with Crippen LogP contribution in [0.15, 0.2) is 36.5 Å². The normalized spacial score (nSPS) is 16.1. The standard InChI is InChI=1S/C29H33F4N3O4/c1-40-20-2-3-25-21(14-20)27(18(17-37)16-35-25)22(31)4-5-29(15-26(38)39)6-9-36(10-7-29)11-8-34-28-23(32)12-19(30)13-24(28)33/h2-3,12-14,16,22,34,37H,4-11,15,17H2,1H3,(H,38,39)/t22-/m0/s1. The second-order valence-corrected chi connectivity index (χ2v) is 10.3. The van der Waals surface area contributed by atoms with Crippen LogP contribution in [-0.2, 0) is 11.4 Å². The summed E-state index contributed by atoms with van der Waals surface area (Å²) >= 11 is 0. The van der Waals surface area contributed by atoms with Gasteiger partial charge >= 0.3 is 5.97 Å². The van der Waals surface area contributed by atoms with Crippen molar-refractivity contribution in [2.75, 3.05) is 38.6 Å². The summed E-state index contributed by atoms with van der Waals surface area (Å²) in [5.41, 5.74) is 0.265. The van der Waals surface area contributed by atoms with Crippen molar-refractivity contribution < 1.29 is 37.3 Å². The quantitative estimate of drug-likeness (QED) is 0.247. The minimum atomic E-state index is -1.45. The molecule has 2 heterocycles. The molecule has 4 rings (SSSR count). The number of anilines is 1. The molecule has 11 heteroatoms. The number of aliphatic hydroxyl groups excluding tert-OH is 1. The number of aromatic nitrogens is 1. The number of piperidine rings is 1. The highest BCUT2D eigenvalue weighted by molar-refractivity contribution is 5.85. The van der Waals surface area contributed by atoms with Gasteiger partial charge in [0.2, 0.25) is 0 Å². The van der Waals surface area contributed by atoms with Crippen LogP contribution in [0.2, 0.25) is 0 Å². The third-order valence-corrected chi connectivity index (χ3v) is 7.79. The maximum atomic E-state index is 15.9. The number of likely N-dealkylation sites (tertiary alicyclic amines) is 1. The Labute approximate surface area is 229 Å². The van der Waals surface area contributed by atoms with Gasteiger partial charge in [0, 0.05) is 47.9 Å². The minimum Gasteiger partial charge on any atom is -0.497 e. The van der Waals surface area contributed by atoms with Gasteiger partial charge in [-0.1, -0.05) is 0 Å². The minimum absolute atomic E-state index is 0.0707. The lowest BCUT2D eigenvalue weighted by Crippen LogP contribution is -2.43. The van der Waals surface area contributed by atoms with E-state index < -0.39 is 40.7 Å². The Morgan fingerprint density at radius 2 is 1.88 bits per heavy atom. The van der Waals surface area contributed by atoms with Crippen molar-refractivity contribution in [1.29, 1.82) is 0 Å². The smallest absolute Gasteiger partial charge is 0.303 e. The number of carbonyl (C=O) groups is 1. The highest BCUT2D eigenvalue weighted by Crippen LogP contribution is 2.43. The number of benzene rings is 2. The molecule has 1 aromatic heterocycles. The first-order chi connectivity index (χ1) is 19.1. The van der Waals surface area contributed by atoms with Crippen LogP contribution in [0.5, 0.6) is 5.75 Å². The number of pyridine rings is 1. The molecule has 40 heavy (non-hydrogen) atoms. The van der Waals surface area contributed by atoms with Crippen LogP contribution in [0.25, 0.3) is 10.9 Å². The summed E-state index contributed by atoms with van der Waals surface area (Å²) in [6, 6.07) is 6.36. The van der Waals surface area contributed by atoms with E-state index in [2.05, 4.69) is 10.3 Å². The lowest BCUT2D eigenvalue weighted by molar-refractivity contribution is -0.141. The summed E-state index contributed by atoms with van der Waals surface area (Å²) in [4.78, 5) is 18.1. The van der Waals surface area contributed by atoms with E-state index in [-0.39, 0.29) is 26.0 Å². The van der Waals surface area contributed by atoms with Gasteiger partial charge in [-0.3, -0.25) is 9.78 Å². The molecule has 0 amide bonds. The third kappa shape index (κ3) is 6.82. The Bertz CT molecular complexity index is 1320. The van der Waals surface area contributed by atoms with Gasteiger partial charge in [0.15, 0.2) is 11.6 Å². The number of carboxylic acid groups (broad SMARTS) is 1. The van der Waals surface area contributed by atoms with Gasteiger partial charge in [0.05, 0.1) is 25.7 Å². The van der Waals surface area contributed by atoms with Crippen LogP contribution in [-0.4, -0.2) is 59.4 Å². The first kappa shape index (κ1) is 29.5. The molecule has 3 N–H and O–H groups in total. The first-order valence-corrected chi connectivity index (χ1v) is 13.2. The summed E-state index contributed by atoms with van der Waals surface area (Å²) in [6.45, 7) is 1.34. The molecular formula is C29H33F4N3O4. The molecule has 1 aliphatic heterocycles. The average Bonchev–Trinajstić information content (AvgIpc) is 2.92. The van der Waals surface area contributed by atoms with E-state index in [1.807, 2.05) is 4.90 Å². The number of fused-ring (bicyclic) bond motifs is 1. The van der Waals surface area contributed by atoms with E-state index in [9.17, 15) is 28.2 Å². The number of alkyl halides is 1. The predicted molar refractivity (Wildman–Crippen MR) is 142 cm³/mol. The molecule has 3 aromatic rings. The maximum absolute atomic E-state index is 15.9. The largest absolute Gasteiger partial charge is 0.497 e. The van der Waals surface area contributed by atoms with Gasteiger partial charge < -0.3 is 25.2 Å². The van der Waals surface area contributed by atoms with E-state index >= 15 is 4.39 Å². The average molecular weight is 564 g/mol. The van der Waals surface area contributed by atoms with Crippen molar-refractivity contribution in [2.45, 2.75) is 44.9 Å². The van der Waals surface area contributed by atoms with E-state index in [1.165, 1.54) is 13.3 Å². The monoisotopic (exact) mass is 563 g/mol. The zero-order chi connectivity index (χ0) is 28.9. The molecule has 1 fully saturated rings. The number of halogens is 4. The SMILES string of the molecule is COc1ccc2ncc(CO)c([C@@H](F)CCC3(CC(=O)O)CCN(CCNc4c(F)cc(F)cc4F)CC3)c2c1. The van der Waals surface area contributed by atoms with Crippen molar-refractivity contribution in [1.82, 2.24) is 9.88 Å². The fourth-order valence-corrected chi connectivity index (χ4v) is 5.57. The van der Waals surface area contributed by atoms with Gasteiger partial charge in [0.1, 0.15) is 23.4 Å². The lowest BCUT2D eigenvalue weighted by Gasteiger charge is -2.41. The van der Waals surface area contributed by atoms with Gasteiger partial charge in [-0.2, -0.15) is 0 Å². The molecule has 2 aromatic carbocycles. The topological polar surface area (TPSA) is 94.9 Å². The van der Waals surface area contributed by atoms with Gasteiger partial charge in [0.25, 0.3) is 0 Å². The molecule has 0 radical (unpaired) electrons. The molecule has 0 unspecified atom stereocenters. The van der Waals surface area contributed by atoms with Gasteiger partial charge in [-0.05, 0) is 62.4 Å². The third-order valence-electron chi connectivity index (χ3n) is 7.79. The molecule has 1 atom stereocenters. The van der Waals surface area contributed by atoms with Crippen molar-refractivity contribution >= 4 is 22.6 Å². The van der Waals surface area contributed by atoms with Crippen LogP contribution in [0.1, 0.15) is 49.4 Å². The van der Waals surface area contributed by atoms with E-state index in [0.717, 1.165) is 0 Å². The van der Waals surface area contributed by atoms with Gasteiger partial charge in [-0.25, -0.2) is 17.6 Å². The molecule has 7 nitrogen and oxygen atoms in total. The molecule has 0 spiro atoms. The van der Waals surface area contributed by atoms with Crippen LogP contribution in [0.3, 0.4) is 0 Å². The van der Waals surface area contributed by atoms with Crippen molar-refractivity contribution in [3.63, 3.8) is 0 Å². The Balaban J connectivity index is 1.41. The van der Waals surface area contributed by atoms with Crippen molar-refractivity contribution in [3.05, 3.63) is 65.1 Å². The molecule has 1 saturated heterocycles. The molecule has 0 saturated carbocycles. The second-order valence-electron chi connectivity index (χ2n) is 10.3. The lowest BCUT2D eigenvalue weighted by atomic mass is 9.71. The molecule has 1 aliphatic rings. The van der Waals surface area contributed by atoms with Gasteiger partial charge in [-0.15, -0.1) is 0 Å². The Kier molecular flexibility index (Phi) is 9.47. The predicted octanol–water partition coefficient (Wildman–Crippen LogP) is 5.61. The van der Waals surface area contributed by atoms with E-state index in [1.54, 1.807) is 18.2 Å². The van der Waals surface area contributed by atoms with Crippen molar-refractivity contribution in [3.8, 4) is 5.75 Å². The van der Waals surface area contributed by atoms with Crippen LogP contribution in [0, 0.1) is 22.9 Å². The second kappa shape index (κ2) is 12.8. The summed E-state index contributed by atoms with van der Waals surface area (Å²) in [5.74, 6) is -3.44. The van der Waals surface area contributed by atoms with Crippen LogP contribution in [0.4, 0.5) is 23.2 Å². The number of nitrogens with zero attached hydrogens (tertiary/aromatic N) is 2. The highest BCUT2D eigenvalue weighted by Gasteiger charge is 2.37. The van der Waals surface area contributed by atoms with Crippen LogP contribution >= 0.6 is 0 Å². The molecule has 0 bridgehead atoms. The number of aliphatic hydroxyl groups is 1. The number of carboxylic acids is 1. The molecule has 216 valence electrons. The Morgan fingerprint density at radius 1 is 1.18 bits per heavy atom. The number of nitrogens with one attached hydrogen (secondary N) is 1. The Hall–Kier alpha value is -3.44.